The standard InChI is InChI=1S/C22H32N4O2.CH2O2/c1-24(2)15-20-18-11-17(19-6-3-7-22(28)26(19)20)13-25(14-18)21(27)9-8-16-5-4-10-23-12-16;2-1-3/h4-5,10,12,17-20H,3,6-9,11,13-15H2,1-2H3;1H,(H,2,3)/t17-,18+,19+,20+;/m1./s1. The number of fused-ring (bicyclic) bond motifs is 4. The molecule has 3 fully saturated rings. The zero-order valence-corrected chi connectivity index (χ0v) is 18.5. The molecule has 31 heavy (non-hydrogen) atoms. The molecule has 0 spiro atoms. The van der Waals surface area contributed by atoms with Gasteiger partial charge in [0.25, 0.3) is 6.47 Å². The number of amides is 2. The molecule has 2 bridgehead atoms. The summed E-state index contributed by atoms with van der Waals surface area (Å²) in [6.07, 6.45) is 8.81. The molecule has 4 rings (SSSR count). The molecule has 0 aliphatic carbocycles. The molecule has 1 aromatic rings. The lowest BCUT2D eigenvalue weighted by molar-refractivity contribution is -0.157. The summed E-state index contributed by atoms with van der Waals surface area (Å²) in [4.78, 5) is 44.7. The van der Waals surface area contributed by atoms with Crippen LogP contribution in [0.4, 0.5) is 0 Å². The van der Waals surface area contributed by atoms with Crippen molar-refractivity contribution in [3.8, 4) is 0 Å². The summed E-state index contributed by atoms with van der Waals surface area (Å²) < 4.78 is 0. The SMILES string of the molecule is CN(C)C[C@H]1[C@H]2C[C@H](CN(C(=O)CCc3cccnc3)C2)[C@@H]2CCCC(=O)N21.O=CO. The van der Waals surface area contributed by atoms with Crippen molar-refractivity contribution < 1.29 is 19.5 Å². The van der Waals surface area contributed by atoms with Gasteiger partial charge in [-0.2, -0.15) is 0 Å². The number of nitrogens with zero attached hydrogens (tertiary/aromatic N) is 4. The molecule has 1 N–H and O–H groups in total. The minimum Gasteiger partial charge on any atom is -0.483 e. The number of piperidine rings is 3. The van der Waals surface area contributed by atoms with Crippen LogP contribution < -0.4 is 0 Å². The molecular weight excluding hydrogens is 396 g/mol. The Hall–Kier alpha value is -2.48. The second kappa shape index (κ2) is 10.7. The largest absolute Gasteiger partial charge is 0.483 e. The molecule has 8 heteroatoms. The van der Waals surface area contributed by atoms with Crippen molar-refractivity contribution in [2.45, 2.75) is 50.6 Å². The molecule has 170 valence electrons. The van der Waals surface area contributed by atoms with Gasteiger partial charge in [0.05, 0.1) is 0 Å². The molecular formula is C23H34N4O4. The number of hydrogen-bond acceptors (Lipinski definition) is 5. The van der Waals surface area contributed by atoms with Crippen LogP contribution in [0.25, 0.3) is 0 Å². The van der Waals surface area contributed by atoms with E-state index in [1.807, 2.05) is 18.3 Å². The van der Waals surface area contributed by atoms with Crippen LogP contribution in [0.1, 0.15) is 37.7 Å². The van der Waals surface area contributed by atoms with Gasteiger partial charge in [-0.3, -0.25) is 19.4 Å². The lowest BCUT2D eigenvalue weighted by Gasteiger charge is -2.57. The molecule has 0 radical (unpaired) electrons. The normalized spacial score (nSPS) is 27.3. The maximum atomic E-state index is 13.0. The van der Waals surface area contributed by atoms with Crippen molar-refractivity contribution >= 4 is 18.3 Å². The van der Waals surface area contributed by atoms with E-state index in [9.17, 15) is 9.59 Å². The Bertz CT molecular complexity index is 757. The summed E-state index contributed by atoms with van der Waals surface area (Å²) in [6.45, 7) is 2.24. The summed E-state index contributed by atoms with van der Waals surface area (Å²) in [5.74, 6) is 1.40. The van der Waals surface area contributed by atoms with Crippen LogP contribution in [0.15, 0.2) is 24.5 Å². The summed E-state index contributed by atoms with van der Waals surface area (Å²) in [5.41, 5.74) is 1.11. The molecule has 1 aromatic heterocycles. The zero-order valence-electron chi connectivity index (χ0n) is 18.5. The Labute approximate surface area is 184 Å². The van der Waals surface area contributed by atoms with E-state index in [0.29, 0.717) is 36.6 Å². The van der Waals surface area contributed by atoms with Gasteiger partial charge in [0.1, 0.15) is 0 Å². The third-order valence-corrected chi connectivity index (χ3v) is 6.75. The average molecular weight is 431 g/mol. The first-order chi connectivity index (χ1) is 14.9. The Kier molecular flexibility index (Phi) is 8.01. The van der Waals surface area contributed by atoms with Crippen molar-refractivity contribution in [1.82, 2.24) is 19.7 Å². The molecule has 8 nitrogen and oxygen atoms in total. The number of aryl methyl sites for hydroxylation is 1. The number of carbonyl (C=O) groups excluding carboxylic acids is 2. The van der Waals surface area contributed by atoms with E-state index < -0.39 is 0 Å². The smallest absolute Gasteiger partial charge is 0.290 e. The molecule has 4 heterocycles. The maximum absolute atomic E-state index is 13.0. The number of pyridine rings is 1. The van der Waals surface area contributed by atoms with E-state index >= 15 is 0 Å². The van der Waals surface area contributed by atoms with E-state index in [1.54, 1.807) is 6.20 Å². The first-order valence-corrected chi connectivity index (χ1v) is 11.1. The highest BCUT2D eigenvalue weighted by atomic mass is 16.3. The minimum atomic E-state index is -0.250. The van der Waals surface area contributed by atoms with Gasteiger partial charge in [-0.25, -0.2) is 0 Å². The predicted octanol–water partition coefficient (Wildman–Crippen LogP) is 1.50. The predicted molar refractivity (Wildman–Crippen MR) is 116 cm³/mol. The van der Waals surface area contributed by atoms with Crippen molar-refractivity contribution in [3.63, 3.8) is 0 Å². The number of aromatic nitrogens is 1. The highest BCUT2D eigenvalue weighted by molar-refractivity contribution is 5.79. The lowest BCUT2D eigenvalue weighted by Crippen LogP contribution is -2.67. The van der Waals surface area contributed by atoms with Crippen LogP contribution in [-0.4, -0.2) is 88.9 Å². The zero-order chi connectivity index (χ0) is 22.4. The van der Waals surface area contributed by atoms with Crippen LogP contribution >= 0.6 is 0 Å². The molecule has 4 atom stereocenters. The molecule has 0 saturated carbocycles. The van der Waals surface area contributed by atoms with Crippen LogP contribution in [-0.2, 0) is 20.8 Å². The monoisotopic (exact) mass is 430 g/mol. The van der Waals surface area contributed by atoms with E-state index in [-0.39, 0.29) is 18.4 Å². The third-order valence-electron chi connectivity index (χ3n) is 6.75. The van der Waals surface area contributed by atoms with Gasteiger partial charge >= 0.3 is 0 Å². The van der Waals surface area contributed by atoms with Gasteiger partial charge < -0.3 is 19.8 Å². The maximum Gasteiger partial charge on any atom is 0.290 e. The molecule has 0 unspecified atom stereocenters. The van der Waals surface area contributed by atoms with E-state index in [2.05, 4.69) is 33.8 Å². The molecule has 2 amide bonds. The van der Waals surface area contributed by atoms with Gasteiger partial charge in [-0.15, -0.1) is 0 Å². The van der Waals surface area contributed by atoms with Crippen LogP contribution in [0.5, 0.6) is 0 Å². The Balaban J connectivity index is 0.000000858. The topological polar surface area (TPSA) is 94.0 Å². The van der Waals surface area contributed by atoms with Crippen molar-refractivity contribution in [3.05, 3.63) is 30.1 Å². The van der Waals surface area contributed by atoms with Gasteiger partial charge in [-0.1, -0.05) is 6.07 Å². The van der Waals surface area contributed by atoms with Gasteiger partial charge in [0.15, 0.2) is 0 Å². The summed E-state index contributed by atoms with van der Waals surface area (Å²) in [7, 11) is 4.16. The highest BCUT2D eigenvalue weighted by Gasteiger charge is 2.49. The number of carbonyl (C=O) groups is 3. The molecule has 3 aliphatic rings. The fraction of sp³-hybridized carbons (Fsp3) is 0.652. The highest BCUT2D eigenvalue weighted by Crippen LogP contribution is 2.41. The first kappa shape index (κ1) is 23.2. The second-order valence-electron chi connectivity index (χ2n) is 9.11. The lowest BCUT2D eigenvalue weighted by atomic mass is 9.72. The Morgan fingerprint density at radius 1 is 1.32 bits per heavy atom. The fourth-order valence-electron chi connectivity index (χ4n) is 5.54. The van der Waals surface area contributed by atoms with E-state index in [0.717, 1.165) is 50.9 Å². The number of rotatable bonds is 5. The van der Waals surface area contributed by atoms with Crippen molar-refractivity contribution in [2.75, 3.05) is 33.7 Å². The van der Waals surface area contributed by atoms with Gasteiger partial charge in [-0.05, 0) is 63.2 Å². The molecule has 3 aliphatic heterocycles. The van der Waals surface area contributed by atoms with E-state index in [4.69, 9.17) is 9.90 Å². The van der Waals surface area contributed by atoms with Crippen LogP contribution in [0.2, 0.25) is 0 Å². The minimum absolute atomic E-state index is 0.234. The van der Waals surface area contributed by atoms with Crippen LogP contribution in [0, 0.1) is 11.8 Å². The Morgan fingerprint density at radius 3 is 2.74 bits per heavy atom. The first-order valence-electron chi connectivity index (χ1n) is 11.1. The quantitative estimate of drug-likeness (QED) is 0.712. The van der Waals surface area contributed by atoms with Crippen LogP contribution in [0.3, 0.4) is 0 Å². The third kappa shape index (κ3) is 5.61. The van der Waals surface area contributed by atoms with Gasteiger partial charge in [0, 0.05) is 57.0 Å². The number of carboxylic acid groups (broad SMARTS) is 1. The van der Waals surface area contributed by atoms with Crippen molar-refractivity contribution in [1.29, 1.82) is 0 Å². The van der Waals surface area contributed by atoms with Gasteiger partial charge in [0.2, 0.25) is 11.8 Å². The van der Waals surface area contributed by atoms with Crippen molar-refractivity contribution in [2.24, 2.45) is 11.8 Å². The second-order valence-corrected chi connectivity index (χ2v) is 9.11. The molecule has 3 saturated heterocycles. The number of hydrogen-bond donors (Lipinski definition) is 1. The Morgan fingerprint density at radius 2 is 2.06 bits per heavy atom. The average Bonchev–Trinajstić information content (AvgIpc) is 2.76. The summed E-state index contributed by atoms with van der Waals surface area (Å²) in [6, 6.07) is 4.50. The summed E-state index contributed by atoms with van der Waals surface area (Å²) >= 11 is 0. The van der Waals surface area contributed by atoms with E-state index in [1.165, 1.54) is 0 Å². The number of likely N-dealkylation sites (tertiary alicyclic amines) is 1. The number of likely N-dealkylation sites (N-methyl/N-ethyl adjacent to an activating group) is 1. The fourth-order valence-corrected chi connectivity index (χ4v) is 5.54. The molecule has 0 aromatic carbocycles. The summed E-state index contributed by atoms with van der Waals surface area (Å²) in [5, 5.41) is 6.89.